The highest BCUT2D eigenvalue weighted by atomic mass is 15.3. The summed E-state index contributed by atoms with van der Waals surface area (Å²) in [5.41, 5.74) is 2.60. The molecule has 0 aliphatic heterocycles. The number of benzene rings is 1. The lowest BCUT2D eigenvalue weighted by Crippen LogP contribution is -1.95. The Hall–Kier alpha value is -2.08. The van der Waals surface area contributed by atoms with Crippen LogP contribution in [0.3, 0.4) is 0 Å². The summed E-state index contributed by atoms with van der Waals surface area (Å²) in [5.74, 6) is 0. The molecule has 2 aromatic rings. The number of nitriles is 1. The predicted molar refractivity (Wildman–Crippen MR) is 53.0 cm³/mol. The molecule has 0 radical (unpaired) electrons. The van der Waals surface area contributed by atoms with Crippen molar-refractivity contribution in [1.82, 2.24) is 9.78 Å². The molecule has 1 aromatic carbocycles. The lowest BCUT2D eigenvalue weighted by Gasteiger charge is -2.03. The van der Waals surface area contributed by atoms with Crippen LogP contribution >= 0.6 is 0 Å². The number of nitrogens with zero attached hydrogens (tertiary/aromatic N) is 3. The molecule has 1 aromatic heterocycles. The van der Waals surface area contributed by atoms with Crippen LogP contribution in [0.15, 0.2) is 36.7 Å². The van der Waals surface area contributed by atoms with E-state index in [0.717, 1.165) is 11.3 Å². The molecule has 3 heteroatoms. The summed E-state index contributed by atoms with van der Waals surface area (Å²) in [6.07, 6.45) is 3.57. The normalized spacial score (nSPS) is 9.71. The number of aromatic nitrogens is 2. The van der Waals surface area contributed by atoms with Gasteiger partial charge in [-0.15, -0.1) is 0 Å². The summed E-state index contributed by atoms with van der Waals surface area (Å²) >= 11 is 0. The highest BCUT2D eigenvalue weighted by Gasteiger charge is 2.00. The van der Waals surface area contributed by atoms with E-state index in [4.69, 9.17) is 5.26 Å². The van der Waals surface area contributed by atoms with Crippen molar-refractivity contribution in [3.63, 3.8) is 0 Å². The van der Waals surface area contributed by atoms with Crippen molar-refractivity contribution in [3.8, 4) is 11.8 Å². The zero-order valence-corrected chi connectivity index (χ0v) is 7.81. The maximum absolute atomic E-state index is 8.86. The maximum atomic E-state index is 8.86. The third-order valence-electron chi connectivity index (χ3n) is 2.11. The van der Waals surface area contributed by atoms with Gasteiger partial charge in [0.2, 0.25) is 0 Å². The van der Waals surface area contributed by atoms with Crippen molar-refractivity contribution in [2.45, 2.75) is 6.92 Å². The molecule has 0 N–H and O–H groups in total. The zero-order valence-electron chi connectivity index (χ0n) is 7.81. The molecule has 0 unspecified atom stereocenters. The van der Waals surface area contributed by atoms with Crippen molar-refractivity contribution >= 4 is 0 Å². The third kappa shape index (κ3) is 1.38. The average Bonchev–Trinajstić information content (AvgIpc) is 2.71. The van der Waals surface area contributed by atoms with Crippen LogP contribution in [-0.4, -0.2) is 9.78 Å². The molecular weight excluding hydrogens is 174 g/mol. The van der Waals surface area contributed by atoms with E-state index in [9.17, 15) is 0 Å². The molecule has 0 fully saturated rings. The molecule has 1 heterocycles. The second-order valence-corrected chi connectivity index (χ2v) is 3.06. The topological polar surface area (TPSA) is 41.6 Å². The van der Waals surface area contributed by atoms with Gasteiger partial charge in [-0.2, -0.15) is 10.4 Å². The van der Waals surface area contributed by atoms with E-state index < -0.39 is 0 Å². The van der Waals surface area contributed by atoms with Gasteiger partial charge in [0.15, 0.2) is 0 Å². The Morgan fingerprint density at radius 1 is 1.43 bits per heavy atom. The van der Waals surface area contributed by atoms with E-state index in [1.165, 1.54) is 0 Å². The summed E-state index contributed by atoms with van der Waals surface area (Å²) in [5, 5.41) is 13.0. The molecule has 0 amide bonds. The second-order valence-electron chi connectivity index (χ2n) is 3.06. The van der Waals surface area contributed by atoms with Gasteiger partial charge in [-0.3, -0.25) is 0 Å². The van der Waals surface area contributed by atoms with Gasteiger partial charge in [0, 0.05) is 12.4 Å². The average molecular weight is 183 g/mol. The minimum atomic E-state index is 0.693. The summed E-state index contributed by atoms with van der Waals surface area (Å²) in [7, 11) is 0. The lowest BCUT2D eigenvalue weighted by molar-refractivity contribution is 0.879. The fourth-order valence-electron chi connectivity index (χ4n) is 1.29. The molecular formula is C11H9N3. The third-order valence-corrected chi connectivity index (χ3v) is 2.11. The van der Waals surface area contributed by atoms with Gasteiger partial charge in [0.05, 0.1) is 17.3 Å². The summed E-state index contributed by atoms with van der Waals surface area (Å²) in [4.78, 5) is 0. The van der Waals surface area contributed by atoms with E-state index in [1.54, 1.807) is 10.9 Å². The van der Waals surface area contributed by atoms with Crippen molar-refractivity contribution < 1.29 is 0 Å². The highest BCUT2D eigenvalue weighted by Crippen LogP contribution is 2.12. The van der Waals surface area contributed by atoms with Crippen LogP contribution in [0, 0.1) is 18.3 Å². The van der Waals surface area contributed by atoms with Gasteiger partial charge in [-0.1, -0.05) is 6.07 Å². The summed E-state index contributed by atoms with van der Waals surface area (Å²) in [6, 6.07) is 9.72. The Kier molecular flexibility index (Phi) is 2.04. The van der Waals surface area contributed by atoms with Gasteiger partial charge in [0.25, 0.3) is 0 Å². The minimum absolute atomic E-state index is 0.693. The van der Waals surface area contributed by atoms with Gasteiger partial charge in [-0.25, -0.2) is 4.68 Å². The predicted octanol–water partition coefficient (Wildman–Crippen LogP) is 2.05. The highest BCUT2D eigenvalue weighted by molar-refractivity contribution is 5.45. The molecule has 2 rings (SSSR count). The fraction of sp³-hybridized carbons (Fsp3) is 0.0909. The second kappa shape index (κ2) is 3.35. The van der Waals surface area contributed by atoms with Crippen molar-refractivity contribution in [2.24, 2.45) is 0 Å². The molecule has 14 heavy (non-hydrogen) atoms. The smallest absolute Gasteiger partial charge is 0.0995 e. The first-order chi connectivity index (χ1) is 6.81. The summed E-state index contributed by atoms with van der Waals surface area (Å²) < 4.78 is 1.74. The molecule has 0 bridgehead atoms. The van der Waals surface area contributed by atoms with E-state index in [2.05, 4.69) is 11.2 Å². The number of hydrogen-bond donors (Lipinski definition) is 0. The Balaban J connectivity index is 2.53. The lowest BCUT2D eigenvalue weighted by atomic mass is 10.1. The zero-order chi connectivity index (χ0) is 9.97. The quantitative estimate of drug-likeness (QED) is 0.679. The molecule has 3 nitrogen and oxygen atoms in total. The Morgan fingerprint density at radius 2 is 2.29 bits per heavy atom. The molecule has 0 spiro atoms. The fourth-order valence-corrected chi connectivity index (χ4v) is 1.29. The number of aryl methyl sites for hydroxylation is 1. The van der Waals surface area contributed by atoms with Crippen molar-refractivity contribution in [3.05, 3.63) is 47.8 Å². The van der Waals surface area contributed by atoms with Gasteiger partial charge in [0.1, 0.15) is 0 Å². The van der Waals surface area contributed by atoms with Crippen LogP contribution in [0.5, 0.6) is 0 Å². The van der Waals surface area contributed by atoms with Crippen LogP contribution < -0.4 is 0 Å². The number of rotatable bonds is 1. The Morgan fingerprint density at radius 3 is 2.93 bits per heavy atom. The summed E-state index contributed by atoms with van der Waals surface area (Å²) in [6.45, 7) is 1.92. The van der Waals surface area contributed by atoms with Gasteiger partial charge in [-0.05, 0) is 30.7 Å². The SMILES string of the molecule is Cc1ccc(-n2cccn2)cc1C#N. The molecule has 0 atom stereocenters. The van der Waals surface area contributed by atoms with Gasteiger partial charge < -0.3 is 0 Å². The van der Waals surface area contributed by atoms with E-state index in [0.29, 0.717) is 5.56 Å². The first-order valence-electron chi connectivity index (χ1n) is 4.32. The molecule has 0 aliphatic carbocycles. The van der Waals surface area contributed by atoms with E-state index >= 15 is 0 Å². The van der Waals surface area contributed by atoms with E-state index in [-0.39, 0.29) is 0 Å². The minimum Gasteiger partial charge on any atom is -0.241 e. The Labute approximate surface area is 82.2 Å². The maximum Gasteiger partial charge on any atom is 0.0995 e. The first kappa shape index (κ1) is 8.52. The Bertz CT molecular complexity index is 478. The van der Waals surface area contributed by atoms with Crippen LogP contribution in [0.4, 0.5) is 0 Å². The van der Waals surface area contributed by atoms with Crippen LogP contribution in [0.25, 0.3) is 5.69 Å². The molecule has 0 aliphatic rings. The van der Waals surface area contributed by atoms with Crippen molar-refractivity contribution in [2.75, 3.05) is 0 Å². The monoisotopic (exact) mass is 183 g/mol. The van der Waals surface area contributed by atoms with Gasteiger partial charge >= 0.3 is 0 Å². The molecule has 0 saturated carbocycles. The van der Waals surface area contributed by atoms with Crippen molar-refractivity contribution in [1.29, 1.82) is 5.26 Å². The molecule has 68 valence electrons. The van der Waals surface area contributed by atoms with E-state index in [1.807, 2.05) is 37.4 Å². The van der Waals surface area contributed by atoms with Crippen LogP contribution in [0.2, 0.25) is 0 Å². The van der Waals surface area contributed by atoms with Crippen LogP contribution in [0.1, 0.15) is 11.1 Å². The molecule has 0 saturated heterocycles. The van der Waals surface area contributed by atoms with Crippen LogP contribution in [-0.2, 0) is 0 Å². The first-order valence-corrected chi connectivity index (χ1v) is 4.32. The standard InChI is InChI=1S/C11H9N3/c1-9-3-4-11(7-10(9)8-12)14-6-2-5-13-14/h2-7H,1H3. The number of hydrogen-bond acceptors (Lipinski definition) is 2. The largest absolute Gasteiger partial charge is 0.241 e.